The van der Waals surface area contributed by atoms with Gasteiger partial charge < -0.3 is 10.1 Å². The molecule has 1 aliphatic rings. The van der Waals surface area contributed by atoms with Crippen molar-refractivity contribution in [2.24, 2.45) is 0 Å². The molecule has 0 bridgehead atoms. The molecule has 0 saturated carbocycles. The molecule has 0 saturated heterocycles. The Morgan fingerprint density at radius 1 is 1.33 bits per heavy atom. The van der Waals surface area contributed by atoms with Crippen molar-refractivity contribution in [2.75, 3.05) is 6.54 Å². The number of hydrogen-bond acceptors (Lipinski definition) is 3. The molecule has 1 aliphatic heterocycles. The fourth-order valence-electron chi connectivity index (χ4n) is 2.73. The summed E-state index contributed by atoms with van der Waals surface area (Å²) in [4.78, 5) is 1.25. The number of aryl methyl sites for hydroxylation is 1. The third-order valence-corrected chi connectivity index (χ3v) is 7.04. The van der Waals surface area contributed by atoms with Crippen LogP contribution in [0.4, 0.5) is 0 Å². The Bertz CT molecular complexity index is 636. The summed E-state index contributed by atoms with van der Waals surface area (Å²) in [7, 11) is 0. The minimum Gasteiger partial charge on any atom is -0.484 e. The van der Waals surface area contributed by atoms with Crippen LogP contribution in [0.15, 0.2) is 32.5 Å². The highest BCUT2D eigenvalue weighted by Crippen LogP contribution is 2.45. The molecule has 1 aromatic heterocycles. The number of ether oxygens (including phenoxy) is 1. The second-order valence-electron chi connectivity index (χ2n) is 5.26. The Morgan fingerprint density at radius 2 is 2.14 bits per heavy atom. The summed E-state index contributed by atoms with van der Waals surface area (Å²) in [5.74, 6) is 1.00. The van der Waals surface area contributed by atoms with E-state index >= 15 is 0 Å². The highest BCUT2D eigenvalue weighted by atomic mass is 79.9. The summed E-state index contributed by atoms with van der Waals surface area (Å²) in [6, 6.07) is 8.95. The summed E-state index contributed by atoms with van der Waals surface area (Å²) in [5.41, 5.74) is 2.56. The zero-order chi connectivity index (χ0) is 15.0. The Hall–Kier alpha value is -0.360. The lowest BCUT2D eigenvalue weighted by Gasteiger charge is -2.32. The molecule has 2 atom stereocenters. The van der Waals surface area contributed by atoms with Gasteiger partial charge in [0.2, 0.25) is 0 Å². The number of fused-ring (bicyclic) bond motifs is 1. The van der Waals surface area contributed by atoms with Gasteiger partial charge in [-0.25, -0.2) is 0 Å². The van der Waals surface area contributed by atoms with Crippen LogP contribution in [-0.2, 0) is 0 Å². The first-order valence-electron chi connectivity index (χ1n) is 7.03. The van der Waals surface area contributed by atoms with Gasteiger partial charge in [0.05, 0.1) is 3.79 Å². The third kappa shape index (κ3) is 3.21. The molecule has 2 unspecified atom stereocenters. The minimum absolute atomic E-state index is 0.108. The van der Waals surface area contributed by atoms with Crippen LogP contribution < -0.4 is 10.1 Å². The van der Waals surface area contributed by atoms with Crippen molar-refractivity contribution < 1.29 is 4.74 Å². The molecule has 112 valence electrons. The smallest absolute Gasteiger partial charge is 0.135 e. The molecule has 0 aliphatic carbocycles. The summed E-state index contributed by atoms with van der Waals surface area (Å²) in [6.45, 7) is 5.24. The first-order valence-corrected chi connectivity index (χ1v) is 9.44. The van der Waals surface area contributed by atoms with E-state index in [9.17, 15) is 0 Å². The van der Waals surface area contributed by atoms with Crippen molar-refractivity contribution in [1.82, 2.24) is 5.32 Å². The van der Waals surface area contributed by atoms with Crippen molar-refractivity contribution >= 4 is 43.2 Å². The average molecular weight is 431 g/mol. The van der Waals surface area contributed by atoms with Crippen LogP contribution in [0.2, 0.25) is 0 Å². The van der Waals surface area contributed by atoms with E-state index in [-0.39, 0.29) is 6.10 Å². The lowest BCUT2D eigenvalue weighted by atomic mass is 9.94. The molecule has 2 aromatic rings. The van der Waals surface area contributed by atoms with Crippen LogP contribution in [0.5, 0.6) is 5.75 Å². The molecule has 2 heterocycles. The normalized spacial score (nSPS) is 21.0. The van der Waals surface area contributed by atoms with E-state index in [4.69, 9.17) is 4.74 Å². The van der Waals surface area contributed by atoms with E-state index in [1.54, 1.807) is 11.3 Å². The molecular weight excluding hydrogens is 414 g/mol. The lowest BCUT2D eigenvalue weighted by molar-refractivity contribution is 0.155. The molecule has 5 heteroatoms. The van der Waals surface area contributed by atoms with Crippen LogP contribution in [0.3, 0.4) is 0 Å². The summed E-state index contributed by atoms with van der Waals surface area (Å²) in [6.07, 6.45) is 1.07. The molecule has 0 fully saturated rings. The molecule has 0 amide bonds. The number of thiophene rings is 1. The zero-order valence-electron chi connectivity index (χ0n) is 12.0. The quantitative estimate of drug-likeness (QED) is 0.668. The van der Waals surface area contributed by atoms with Gasteiger partial charge in [0, 0.05) is 27.4 Å². The van der Waals surface area contributed by atoms with Gasteiger partial charge in [0.25, 0.3) is 0 Å². The molecule has 0 spiro atoms. The maximum Gasteiger partial charge on any atom is 0.135 e. The molecule has 21 heavy (non-hydrogen) atoms. The average Bonchev–Trinajstić information content (AvgIpc) is 2.79. The summed E-state index contributed by atoms with van der Waals surface area (Å²) in [5, 5.41) is 3.59. The second kappa shape index (κ2) is 6.41. The number of halogens is 2. The van der Waals surface area contributed by atoms with Crippen molar-refractivity contribution in [1.29, 1.82) is 0 Å². The highest BCUT2D eigenvalue weighted by Gasteiger charge is 2.30. The first-order chi connectivity index (χ1) is 10.1. The number of benzene rings is 1. The van der Waals surface area contributed by atoms with Crippen LogP contribution in [0.25, 0.3) is 0 Å². The predicted molar refractivity (Wildman–Crippen MR) is 95.3 cm³/mol. The van der Waals surface area contributed by atoms with Crippen molar-refractivity contribution in [3.63, 3.8) is 0 Å². The summed E-state index contributed by atoms with van der Waals surface area (Å²) >= 11 is 8.87. The summed E-state index contributed by atoms with van der Waals surface area (Å²) < 4.78 is 8.47. The van der Waals surface area contributed by atoms with Crippen LogP contribution in [0, 0.1) is 6.92 Å². The van der Waals surface area contributed by atoms with Crippen LogP contribution >= 0.6 is 43.2 Å². The van der Waals surface area contributed by atoms with Gasteiger partial charge >= 0.3 is 0 Å². The van der Waals surface area contributed by atoms with Crippen LogP contribution in [-0.4, -0.2) is 6.54 Å². The molecule has 2 nitrogen and oxygen atoms in total. The minimum atomic E-state index is 0.108. The van der Waals surface area contributed by atoms with E-state index in [2.05, 4.69) is 75.3 Å². The predicted octanol–water partition coefficient (Wildman–Crippen LogP) is 5.76. The van der Waals surface area contributed by atoms with Crippen LogP contribution in [0.1, 0.15) is 41.5 Å². The fourth-order valence-corrected chi connectivity index (χ4v) is 4.86. The van der Waals surface area contributed by atoms with Gasteiger partial charge in [-0.1, -0.05) is 24.6 Å². The van der Waals surface area contributed by atoms with E-state index in [1.807, 2.05) is 0 Å². The Balaban J connectivity index is 1.95. The molecule has 1 aromatic carbocycles. The maximum absolute atomic E-state index is 6.25. The largest absolute Gasteiger partial charge is 0.484 e. The van der Waals surface area contributed by atoms with Gasteiger partial charge in [0.15, 0.2) is 0 Å². The molecule has 0 radical (unpaired) electrons. The Kier molecular flexibility index (Phi) is 4.74. The van der Waals surface area contributed by atoms with E-state index < -0.39 is 0 Å². The van der Waals surface area contributed by atoms with Gasteiger partial charge in [-0.15, -0.1) is 11.3 Å². The fraction of sp³-hybridized carbons (Fsp3) is 0.375. The Labute approximate surface area is 146 Å². The Morgan fingerprint density at radius 3 is 2.81 bits per heavy atom. The standard InChI is InChI=1S/C16H17Br2NOS/c1-3-19-12-8-14(15-7-11(17)16(18)21-15)20-13-5-4-9(2)6-10(12)13/h4-7,12,14,19H,3,8H2,1-2H3. The first kappa shape index (κ1) is 15.5. The highest BCUT2D eigenvalue weighted by molar-refractivity contribution is 9.13. The second-order valence-corrected chi connectivity index (χ2v) is 8.52. The number of rotatable bonds is 3. The number of hydrogen-bond donors (Lipinski definition) is 1. The lowest BCUT2D eigenvalue weighted by Crippen LogP contribution is -2.28. The number of nitrogens with one attached hydrogen (secondary N) is 1. The molecule has 3 rings (SSSR count). The zero-order valence-corrected chi connectivity index (χ0v) is 15.9. The van der Waals surface area contributed by atoms with Crippen molar-refractivity contribution in [3.05, 3.63) is 48.5 Å². The third-order valence-electron chi connectivity index (χ3n) is 3.69. The van der Waals surface area contributed by atoms with Gasteiger partial charge in [-0.2, -0.15) is 0 Å². The SMILES string of the molecule is CCNC1CC(c2cc(Br)c(Br)s2)Oc2ccc(C)cc21. The van der Waals surface area contributed by atoms with E-state index in [0.29, 0.717) is 6.04 Å². The van der Waals surface area contributed by atoms with Crippen molar-refractivity contribution in [2.45, 2.75) is 32.4 Å². The molecule has 1 N–H and O–H groups in total. The maximum atomic E-state index is 6.25. The van der Waals surface area contributed by atoms with Gasteiger partial charge in [-0.05, 0) is 57.5 Å². The monoisotopic (exact) mass is 429 g/mol. The van der Waals surface area contributed by atoms with E-state index in [0.717, 1.165) is 27.0 Å². The van der Waals surface area contributed by atoms with Crippen molar-refractivity contribution in [3.8, 4) is 5.75 Å². The topological polar surface area (TPSA) is 21.3 Å². The van der Waals surface area contributed by atoms with Gasteiger partial charge in [-0.3, -0.25) is 0 Å². The van der Waals surface area contributed by atoms with Gasteiger partial charge in [0.1, 0.15) is 11.9 Å². The van der Waals surface area contributed by atoms with E-state index in [1.165, 1.54) is 16.0 Å². The molecular formula is C16H17Br2NOS.